The molecule has 0 amide bonds. The molecule has 0 aromatic heterocycles. The molecule has 1 aliphatic rings. The van der Waals surface area contributed by atoms with Gasteiger partial charge in [0.15, 0.2) is 0 Å². The highest BCUT2D eigenvalue weighted by Crippen LogP contribution is 2.35. The summed E-state index contributed by atoms with van der Waals surface area (Å²) >= 11 is 7.66. The molecule has 0 saturated carbocycles. The molecular weight excluding hydrogens is 417 g/mol. The summed E-state index contributed by atoms with van der Waals surface area (Å²) in [6.45, 7) is 7.23. The van der Waals surface area contributed by atoms with E-state index < -0.39 is 11.7 Å². The highest BCUT2D eigenvalue weighted by molar-refractivity contribution is 7.97. The van der Waals surface area contributed by atoms with E-state index in [1.165, 1.54) is 34.9 Å². The Hall–Kier alpha value is -1.37. The van der Waals surface area contributed by atoms with E-state index in [0.29, 0.717) is 18.8 Å². The smallest absolute Gasteiger partial charge is 0.369 e. The van der Waals surface area contributed by atoms with E-state index in [2.05, 4.69) is 36.4 Å². The summed E-state index contributed by atoms with van der Waals surface area (Å²) in [6, 6.07) is 10.4. The van der Waals surface area contributed by atoms with Gasteiger partial charge in [-0.2, -0.15) is 13.2 Å². The van der Waals surface area contributed by atoms with Crippen molar-refractivity contribution in [2.24, 2.45) is 0 Å². The van der Waals surface area contributed by atoms with Gasteiger partial charge in [0.05, 0.1) is 5.56 Å². The normalized spacial score (nSPS) is 15.7. The summed E-state index contributed by atoms with van der Waals surface area (Å²) < 4.78 is 41.5. The van der Waals surface area contributed by atoms with E-state index in [1.54, 1.807) is 18.0 Å². The molecule has 0 atom stereocenters. The van der Waals surface area contributed by atoms with Crippen LogP contribution in [0.2, 0.25) is 5.02 Å². The van der Waals surface area contributed by atoms with Gasteiger partial charge >= 0.3 is 6.18 Å². The number of halogens is 4. The molecule has 0 N–H and O–H groups in total. The lowest BCUT2D eigenvalue weighted by molar-refractivity contribution is -0.137. The fourth-order valence-corrected chi connectivity index (χ4v) is 4.65. The average molecular weight is 443 g/mol. The van der Waals surface area contributed by atoms with Crippen LogP contribution in [0.5, 0.6) is 0 Å². The van der Waals surface area contributed by atoms with Gasteiger partial charge in [-0.05, 0) is 73.2 Å². The van der Waals surface area contributed by atoms with Crippen LogP contribution in [0.25, 0.3) is 0 Å². The Morgan fingerprint density at radius 2 is 1.76 bits per heavy atom. The molecule has 1 aliphatic heterocycles. The zero-order chi connectivity index (χ0) is 21.0. The Morgan fingerprint density at radius 3 is 2.41 bits per heavy atom. The molecule has 0 spiro atoms. The van der Waals surface area contributed by atoms with E-state index in [-0.39, 0.29) is 5.02 Å². The van der Waals surface area contributed by atoms with Crippen molar-refractivity contribution in [2.45, 2.75) is 44.2 Å². The van der Waals surface area contributed by atoms with Gasteiger partial charge in [0.1, 0.15) is 0 Å². The maximum absolute atomic E-state index is 13.1. The second-order valence-electron chi connectivity index (χ2n) is 7.40. The number of hydrogen-bond donors (Lipinski definition) is 0. The first kappa shape index (κ1) is 22.3. The predicted octanol–water partition coefficient (Wildman–Crippen LogP) is 6.84. The van der Waals surface area contributed by atoms with Gasteiger partial charge in [0, 0.05) is 41.8 Å². The maximum Gasteiger partial charge on any atom is 0.416 e. The van der Waals surface area contributed by atoms with Crippen molar-refractivity contribution in [3.8, 4) is 0 Å². The van der Waals surface area contributed by atoms with Gasteiger partial charge < -0.3 is 4.90 Å². The molecule has 158 valence electrons. The quantitative estimate of drug-likeness (QED) is 0.452. The van der Waals surface area contributed by atoms with Crippen molar-refractivity contribution >= 4 is 29.2 Å². The third kappa shape index (κ3) is 6.06. The summed E-state index contributed by atoms with van der Waals surface area (Å²) in [5, 5.41) is 0.117. The Kier molecular flexibility index (Phi) is 7.41. The summed E-state index contributed by atoms with van der Waals surface area (Å²) in [6.07, 6.45) is -0.926. The molecule has 2 aromatic carbocycles. The Morgan fingerprint density at radius 1 is 1.03 bits per heavy atom. The van der Waals surface area contributed by atoms with Crippen molar-refractivity contribution in [2.75, 3.05) is 31.1 Å². The van der Waals surface area contributed by atoms with Gasteiger partial charge in [0.2, 0.25) is 0 Å². The summed E-state index contributed by atoms with van der Waals surface area (Å²) in [5.41, 5.74) is 2.56. The molecule has 1 heterocycles. The molecule has 0 radical (unpaired) electrons. The SMILES string of the molecule is CCCCc1cc(SN2CCN(c3cc(Cl)cc(C(F)(F)F)c3)CC2)ccc1C. The number of alkyl halides is 3. The predicted molar refractivity (Wildman–Crippen MR) is 116 cm³/mol. The van der Waals surface area contributed by atoms with Crippen LogP contribution in [0.15, 0.2) is 41.3 Å². The maximum atomic E-state index is 13.1. The van der Waals surface area contributed by atoms with Crippen LogP contribution in [0.3, 0.4) is 0 Å². The molecule has 2 nitrogen and oxygen atoms in total. The lowest BCUT2D eigenvalue weighted by atomic mass is 10.0. The van der Waals surface area contributed by atoms with E-state index in [9.17, 15) is 13.2 Å². The number of benzene rings is 2. The third-order valence-corrected chi connectivity index (χ3v) is 6.47. The van der Waals surface area contributed by atoms with E-state index >= 15 is 0 Å². The van der Waals surface area contributed by atoms with Crippen LogP contribution in [-0.4, -0.2) is 30.5 Å². The molecule has 29 heavy (non-hydrogen) atoms. The number of rotatable bonds is 6. The molecule has 1 fully saturated rings. The zero-order valence-electron chi connectivity index (χ0n) is 16.7. The first-order valence-electron chi connectivity index (χ1n) is 9.91. The van der Waals surface area contributed by atoms with Crippen molar-refractivity contribution in [3.05, 3.63) is 58.1 Å². The molecule has 0 unspecified atom stereocenters. The van der Waals surface area contributed by atoms with Crippen molar-refractivity contribution < 1.29 is 13.2 Å². The van der Waals surface area contributed by atoms with Crippen LogP contribution >= 0.6 is 23.5 Å². The first-order chi connectivity index (χ1) is 13.8. The number of nitrogens with zero attached hydrogens (tertiary/aromatic N) is 2. The number of anilines is 1. The number of unbranched alkanes of at least 4 members (excludes halogenated alkanes) is 1. The van der Waals surface area contributed by atoms with Gasteiger partial charge in [-0.25, -0.2) is 4.31 Å². The summed E-state index contributed by atoms with van der Waals surface area (Å²) in [7, 11) is 0. The highest BCUT2D eigenvalue weighted by atomic mass is 35.5. The van der Waals surface area contributed by atoms with Gasteiger partial charge in [-0.15, -0.1) is 0 Å². The summed E-state index contributed by atoms with van der Waals surface area (Å²) in [5.74, 6) is 0. The molecule has 2 aromatic rings. The average Bonchev–Trinajstić information content (AvgIpc) is 2.68. The minimum absolute atomic E-state index is 0.117. The van der Waals surface area contributed by atoms with Gasteiger partial charge in [0.25, 0.3) is 0 Å². The largest absolute Gasteiger partial charge is 0.416 e. The second kappa shape index (κ2) is 9.63. The third-order valence-electron chi connectivity index (χ3n) is 5.17. The summed E-state index contributed by atoms with van der Waals surface area (Å²) in [4.78, 5) is 3.19. The lowest BCUT2D eigenvalue weighted by Gasteiger charge is -2.35. The molecule has 0 aliphatic carbocycles. The Balaban J connectivity index is 1.62. The monoisotopic (exact) mass is 442 g/mol. The first-order valence-corrected chi connectivity index (χ1v) is 11.1. The van der Waals surface area contributed by atoms with Crippen LogP contribution in [0.4, 0.5) is 18.9 Å². The molecule has 7 heteroatoms. The highest BCUT2D eigenvalue weighted by Gasteiger charge is 2.32. The van der Waals surface area contributed by atoms with E-state index in [1.807, 2.05) is 4.90 Å². The number of hydrogen-bond acceptors (Lipinski definition) is 3. The molecule has 3 rings (SSSR count). The van der Waals surface area contributed by atoms with E-state index in [0.717, 1.165) is 25.6 Å². The number of piperazine rings is 1. The second-order valence-corrected chi connectivity index (χ2v) is 9.00. The van der Waals surface area contributed by atoms with Crippen LogP contribution < -0.4 is 4.90 Å². The lowest BCUT2D eigenvalue weighted by Crippen LogP contribution is -2.43. The van der Waals surface area contributed by atoms with Crippen molar-refractivity contribution in [1.29, 1.82) is 0 Å². The standard InChI is InChI=1S/C22H26ClF3N2S/c1-3-4-5-17-12-21(7-6-16(17)2)29-28-10-8-27(9-11-28)20-14-18(22(24,25)26)13-19(23)15-20/h6-7,12-15H,3-5,8-11H2,1-2H3. The molecule has 0 bridgehead atoms. The minimum atomic E-state index is -4.39. The van der Waals surface area contributed by atoms with Crippen molar-refractivity contribution in [1.82, 2.24) is 4.31 Å². The van der Waals surface area contributed by atoms with Crippen LogP contribution in [-0.2, 0) is 12.6 Å². The van der Waals surface area contributed by atoms with Gasteiger partial charge in [-0.1, -0.05) is 31.0 Å². The zero-order valence-corrected chi connectivity index (χ0v) is 18.3. The van der Waals surface area contributed by atoms with E-state index in [4.69, 9.17) is 11.6 Å². The van der Waals surface area contributed by atoms with Crippen LogP contribution in [0, 0.1) is 6.92 Å². The van der Waals surface area contributed by atoms with Crippen molar-refractivity contribution in [3.63, 3.8) is 0 Å². The van der Waals surface area contributed by atoms with Gasteiger partial charge in [-0.3, -0.25) is 0 Å². The van der Waals surface area contributed by atoms with Crippen LogP contribution in [0.1, 0.15) is 36.5 Å². The fraction of sp³-hybridized carbons (Fsp3) is 0.455. The topological polar surface area (TPSA) is 6.48 Å². The minimum Gasteiger partial charge on any atom is -0.369 e. The molecule has 1 saturated heterocycles. The Bertz CT molecular complexity index is 833. The fourth-order valence-electron chi connectivity index (χ4n) is 3.45. The Labute approximate surface area is 180 Å². The number of aryl methyl sites for hydroxylation is 2. The molecular formula is C22H26ClF3N2S.